The number of carbonyl (C=O) groups excluding carboxylic acids is 1. The van der Waals surface area contributed by atoms with E-state index in [-0.39, 0.29) is 11.9 Å². The van der Waals surface area contributed by atoms with Crippen LogP contribution < -0.4 is 0 Å². The molecule has 1 N–H and O–H groups in total. The van der Waals surface area contributed by atoms with Crippen LogP contribution in [0.1, 0.15) is 51.4 Å². The van der Waals surface area contributed by atoms with E-state index in [1.165, 1.54) is 25.7 Å². The van der Waals surface area contributed by atoms with Crippen molar-refractivity contribution in [3.05, 3.63) is 0 Å². The Kier molecular flexibility index (Phi) is 4.36. The van der Waals surface area contributed by atoms with Gasteiger partial charge in [0.1, 0.15) is 0 Å². The van der Waals surface area contributed by atoms with E-state index in [4.69, 9.17) is 0 Å². The molecule has 0 radical (unpaired) electrons. The Labute approximate surface area is 126 Å². The lowest BCUT2D eigenvalue weighted by atomic mass is 9.78. The van der Waals surface area contributed by atoms with E-state index in [1.54, 1.807) is 4.90 Å². The second-order valence-electron chi connectivity index (χ2n) is 6.85. The largest absolute Gasteiger partial charge is 0.481 e. The first-order valence-corrected chi connectivity index (χ1v) is 8.45. The van der Waals surface area contributed by atoms with Gasteiger partial charge < -0.3 is 14.9 Å². The van der Waals surface area contributed by atoms with Crippen molar-refractivity contribution in [2.24, 2.45) is 11.8 Å². The summed E-state index contributed by atoms with van der Waals surface area (Å²) in [5.74, 6) is -0.465. The molecule has 3 rings (SSSR count). The number of fused-ring (bicyclic) bond motifs is 1. The Balaban J connectivity index is 1.67. The van der Waals surface area contributed by atoms with E-state index in [1.807, 2.05) is 0 Å². The predicted molar refractivity (Wildman–Crippen MR) is 79.0 cm³/mol. The molecule has 118 valence electrons. The summed E-state index contributed by atoms with van der Waals surface area (Å²) >= 11 is 0. The molecule has 0 spiro atoms. The maximum absolute atomic E-state index is 12.8. The van der Waals surface area contributed by atoms with Gasteiger partial charge in [0, 0.05) is 25.7 Å². The van der Waals surface area contributed by atoms with Crippen LogP contribution in [0.4, 0.5) is 4.79 Å². The monoisotopic (exact) mass is 294 g/mol. The summed E-state index contributed by atoms with van der Waals surface area (Å²) in [5, 5.41) is 9.18. The highest BCUT2D eigenvalue weighted by molar-refractivity contribution is 5.77. The third-order valence-electron chi connectivity index (χ3n) is 5.53. The van der Waals surface area contributed by atoms with Crippen molar-refractivity contribution < 1.29 is 14.7 Å². The number of piperidine rings is 2. The quantitative estimate of drug-likeness (QED) is 0.808. The van der Waals surface area contributed by atoms with Gasteiger partial charge in [0.15, 0.2) is 0 Å². The lowest BCUT2D eigenvalue weighted by Gasteiger charge is -2.46. The summed E-state index contributed by atoms with van der Waals surface area (Å²) < 4.78 is 0. The van der Waals surface area contributed by atoms with Crippen molar-refractivity contribution in [3.63, 3.8) is 0 Å². The molecule has 0 aromatic heterocycles. The van der Waals surface area contributed by atoms with E-state index >= 15 is 0 Å². The highest BCUT2D eigenvalue weighted by atomic mass is 16.4. The van der Waals surface area contributed by atoms with E-state index < -0.39 is 5.97 Å². The molecule has 2 aliphatic heterocycles. The summed E-state index contributed by atoms with van der Waals surface area (Å²) in [7, 11) is 0. The summed E-state index contributed by atoms with van der Waals surface area (Å²) in [4.78, 5) is 27.9. The number of hydrogen-bond acceptors (Lipinski definition) is 2. The summed E-state index contributed by atoms with van der Waals surface area (Å²) in [6.07, 6.45) is 8.78. The van der Waals surface area contributed by atoms with Crippen molar-refractivity contribution in [2.75, 3.05) is 19.6 Å². The first kappa shape index (κ1) is 14.7. The van der Waals surface area contributed by atoms with Crippen LogP contribution in [0.15, 0.2) is 0 Å². The SMILES string of the molecule is O=C(O)[C@H]1CCCN(C(=O)N2CCC[C@H]3CCCC[C@H]32)C1. The number of urea groups is 1. The lowest BCUT2D eigenvalue weighted by molar-refractivity contribution is -0.143. The summed E-state index contributed by atoms with van der Waals surface area (Å²) in [5.41, 5.74) is 0. The van der Waals surface area contributed by atoms with Crippen LogP contribution in [0.5, 0.6) is 0 Å². The first-order chi connectivity index (χ1) is 10.2. The van der Waals surface area contributed by atoms with Crippen LogP contribution >= 0.6 is 0 Å². The van der Waals surface area contributed by atoms with Gasteiger partial charge in [-0.1, -0.05) is 12.8 Å². The number of carboxylic acid groups (broad SMARTS) is 1. The molecule has 0 aromatic rings. The Morgan fingerprint density at radius 3 is 2.43 bits per heavy atom. The van der Waals surface area contributed by atoms with Crippen molar-refractivity contribution >= 4 is 12.0 Å². The van der Waals surface area contributed by atoms with Gasteiger partial charge in [-0.05, 0) is 44.4 Å². The van der Waals surface area contributed by atoms with E-state index in [2.05, 4.69) is 4.90 Å². The Morgan fingerprint density at radius 2 is 1.62 bits per heavy atom. The fraction of sp³-hybridized carbons (Fsp3) is 0.875. The zero-order chi connectivity index (χ0) is 14.8. The average molecular weight is 294 g/mol. The third-order valence-corrected chi connectivity index (χ3v) is 5.53. The minimum atomic E-state index is -0.762. The van der Waals surface area contributed by atoms with Crippen LogP contribution in [-0.2, 0) is 4.79 Å². The topological polar surface area (TPSA) is 60.9 Å². The summed E-state index contributed by atoms with van der Waals surface area (Å²) in [6, 6.07) is 0.503. The molecule has 3 aliphatic rings. The molecular weight excluding hydrogens is 268 g/mol. The highest BCUT2D eigenvalue weighted by Crippen LogP contribution is 2.36. The molecule has 2 amide bonds. The number of rotatable bonds is 1. The second-order valence-corrected chi connectivity index (χ2v) is 6.85. The van der Waals surface area contributed by atoms with Crippen LogP contribution in [0.3, 0.4) is 0 Å². The molecule has 0 bridgehead atoms. The normalized spacial score (nSPS) is 33.4. The molecule has 3 atom stereocenters. The fourth-order valence-electron chi connectivity index (χ4n) is 4.40. The van der Waals surface area contributed by atoms with Gasteiger partial charge in [0.05, 0.1) is 5.92 Å². The van der Waals surface area contributed by atoms with Crippen LogP contribution in [0, 0.1) is 11.8 Å². The molecule has 2 saturated heterocycles. The molecule has 5 heteroatoms. The van der Waals surface area contributed by atoms with E-state index in [9.17, 15) is 14.7 Å². The number of hydrogen-bond donors (Lipinski definition) is 1. The molecule has 3 fully saturated rings. The average Bonchev–Trinajstić information content (AvgIpc) is 2.53. The molecule has 0 aromatic carbocycles. The number of carboxylic acids is 1. The highest BCUT2D eigenvalue weighted by Gasteiger charge is 2.38. The first-order valence-electron chi connectivity index (χ1n) is 8.45. The molecule has 5 nitrogen and oxygen atoms in total. The molecule has 2 heterocycles. The predicted octanol–water partition coefficient (Wildman–Crippen LogP) is 2.56. The van der Waals surface area contributed by atoms with Gasteiger partial charge in [-0.25, -0.2) is 4.79 Å². The Bertz CT molecular complexity index is 410. The number of amides is 2. The summed E-state index contributed by atoms with van der Waals surface area (Å²) in [6.45, 7) is 1.97. The number of likely N-dealkylation sites (tertiary alicyclic amines) is 2. The minimum absolute atomic E-state index is 0.0950. The van der Waals surface area contributed by atoms with Gasteiger partial charge in [-0.15, -0.1) is 0 Å². The number of aliphatic carboxylic acids is 1. The van der Waals surface area contributed by atoms with Gasteiger partial charge in [0.2, 0.25) is 0 Å². The van der Waals surface area contributed by atoms with Crippen molar-refractivity contribution in [1.82, 2.24) is 9.80 Å². The zero-order valence-electron chi connectivity index (χ0n) is 12.7. The lowest BCUT2D eigenvalue weighted by Crippen LogP contribution is -2.56. The van der Waals surface area contributed by atoms with Crippen LogP contribution in [0.2, 0.25) is 0 Å². The Hall–Kier alpha value is -1.26. The molecular formula is C16H26N2O3. The third kappa shape index (κ3) is 3.01. The van der Waals surface area contributed by atoms with Crippen LogP contribution in [-0.4, -0.2) is 52.6 Å². The minimum Gasteiger partial charge on any atom is -0.481 e. The molecule has 1 aliphatic carbocycles. The van der Waals surface area contributed by atoms with Crippen LogP contribution in [0.25, 0.3) is 0 Å². The maximum atomic E-state index is 12.8. The van der Waals surface area contributed by atoms with Gasteiger partial charge in [-0.2, -0.15) is 0 Å². The van der Waals surface area contributed by atoms with Gasteiger partial charge in [-0.3, -0.25) is 4.79 Å². The second kappa shape index (κ2) is 6.24. The maximum Gasteiger partial charge on any atom is 0.320 e. The number of carbonyl (C=O) groups is 2. The van der Waals surface area contributed by atoms with Gasteiger partial charge in [0.25, 0.3) is 0 Å². The zero-order valence-corrected chi connectivity index (χ0v) is 12.7. The van der Waals surface area contributed by atoms with E-state index in [0.717, 1.165) is 32.4 Å². The molecule has 1 saturated carbocycles. The van der Waals surface area contributed by atoms with E-state index in [0.29, 0.717) is 24.9 Å². The Morgan fingerprint density at radius 1 is 0.905 bits per heavy atom. The van der Waals surface area contributed by atoms with Crippen molar-refractivity contribution in [3.8, 4) is 0 Å². The fourth-order valence-corrected chi connectivity index (χ4v) is 4.40. The van der Waals surface area contributed by atoms with Crippen molar-refractivity contribution in [2.45, 2.75) is 57.4 Å². The smallest absolute Gasteiger partial charge is 0.320 e. The number of nitrogens with zero attached hydrogens (tertiary/aromatic N) is 2. The standard InChI is InChI=1S/C16H26N2O3/c19-15(20)13-7-3-9-17(11-13)16(21)18-10-4-6-12-5-1-2-8-14(12)18/h12-14H,1-11H2,(H,19,20)/t12-,13+,14-/m1/s1. The molecule has 21 heavy (non-hydrogen) atoms. The van der Waals surface area contributed by atoms with Crippen molar-refractivity contribution in [1.29, 1.82) is 0 Å². The van der Waals surface area contributed by atoms with Gasteiger partial charge >= 0.3 is 12.0 Å². The molecule has 0 unspecified atom stereocenters.